The Morgan fingerprint density at radius 2 is 1.76 bits per heavy atom. The van der Waals surface area contributed by atoms with Crippen LogP contribution in [0.4, 0.5) is 0 Å². The Balaban J connectivity index is 1.71. The molecule has 0 saturated carbocycles. The summed E-state index contributed by atoms with van der Waals surface area (Å²) < 4.78 is 0. The van der Waals surface area contributed by atoms with Crippen molar-refractivity contribution in [3.63, 3.8) is 0 Å². The van der Waals surface area contributed by atoms with Gasteiger partial charge in [-0.3, -0.25) is 9.80 Å². The Morgan fingerprint density at radius 1 is 1.06 bits per heavy atom. The lowest BCUT2D eigenvalue weighted by Crippen LogP contribution is -2.48. The molecule has 4 heteroatoms. The molecule has 2 saturated heterocycles. The maximum atomic E-state index is 9.42. The Morgan fingerprint density at radius 3 is 2.41 bits per heavy atom. The molecular weight excluding hydrogens is 214 g/mol. The van der Waals surface area contributed by atoms with E-state index in [0.29, 0.717) is 18.6 Å². The van der Waals surface area contributed by atoms with Gasteiger partial charge in [-0.2, -0.15) is 0 Å². The van der Waals surface area contributed by atoms with E-state index in [2.05, 4.69) is 28.7 Å². The molecule has 0 amide bonds. The number of likely N-dealkylation sites (N-methyl/N-ethyl adjacent to an activating group) is 1. The average molecular weight is 241 g/mol. The van der Waals surface area contributed by atoms with Crippen molar-refractivity contribution < 1.29 is 5.11 Å². The fourth-order valence-electron chi connectivity index (χ4n) is 3.00. The number of aliphatic hydroxyl groups is 1. The van der Waals surface area contributed by atoms with E-state index in [0.717, 1.165) is 13.1 Å². The van der Waals surface area contributed by atoms with Crippen molar-refractivity contribution in [2.75, 3.05) is 59.5 Å². The normalized spacial score (nSPS) is 33.4. The van der Waals surface area contributed by atoms with Gasteiger partial charge in [0.25, 0.3) is 0 Å². The summed E-state index contributed by atoms with van der Waals surface area (Å²) >= 11 is 0. The zero-order chi connectivity index (χ0) is 12.3. The third-order valence-corrected chi connectivity index (χ3v) is 4.48. The number of rotatable bonds is 4. The van der Waals surface area contributed by atoms with Gasteiger partial charge in [0.1, 0.15) is 0 Å². The predicted octanol–water partition coefficient (Wildman–Crippen LogP) is -0.0635. The standard InChI is InChI=1S/C13H27N3O/c1-12-3-4-16(13(12)11-17)10-9-15-7-5-14(2)6-8-15/h12-13,17H,3-11H2,1-2H3. The minimum Gasteiger partial charge on any atom is -0.395 e. The van der Waals surface area contributed by atoms with E-state index in [1.807, 2.05) is 0 Å². The van der Waals surface area contributed by atoms with Crippen LogP contribution in [0, 0.1) is 5.92 Å². The van der Waals surface area contributed by atoms with E-state index in [1.165, 1.54) is 39.1 Å². The first kappa shape index (κ1) is 13.3. The van der Waals surface area contributed by atoms with Crippen molar-refractivity contribution in [1.82, 2.24) is 14.7 Å². The lowest BCUT2D eigenvalue weighted by atomic mass is 10.0. The molecular formula is C13H27N3O. The molecule has 0 spiro atoms. The largest absolute Gasteiger partial charge is 0.395 e. The van der Waals surface area contributed by atoms with Gasteiger partial charge < -0.3 is 10.0 Å². The Bertz CT molecular complexity index is 229. The monoisotopic (exact) mass is 241 g/mol. The molecule has 1 N–H and O–H groups in total. The quantitative estimate of drug-likeness (QED) is 0.747. The van der Waals surface area contributed by atoms with Gasteiger partial charge in [0.15, 0.2) is 0 Å². The van der Waals surface area contributed by atoms with Gasteiger partial charge in [-0.15, -0.1) is 0 Å². The van der Waals surface area contributed by atoms with Gasteiger partial charge in [-0.25, -0.2) is 0 Å². The van der Waals surface area contributed by atoms with Crippen LogP contribution in [-0.4, -0.2) is 85.3 Å². The van der Waals surface area contributed by atoms with Crippen LogP contribution in [0.15, 0.2) is 0 Å². The Labute approximate surface area is 105 Å². The zero-order valence-electron chi connectivity index (χ0n) is 11.3. The maximum Gasteiger partial charge on any atom is 0.0589 e. The molecule has 17 heavy (non-hydrogen) atoms. The first-order valence-electron chi connectivity index (χ1n) is 6.96. The average Bonchev–Trinajstić information content (AvgIpc) is 2.69. The Hall–Kier alpha value is -0.160. The van der Waals surface area contributed by atoms with Crippen LogP contribution in [0.2, 0.25) is 0 Å². The first-order chi connectivity index (χ1) is 8.20. The predicted molar refractivity (Wildman–Crippen MR) is 70.2 cm³/mol. The minimum absolute atomic E-state index is 0.323. The van der Waals surface area contributed by atoms with Gasteiger partial charge in [0.05, 0.1) is 6.61 Å². The molecule has 2 aliphatic heterocycles. The van der Waals surface area contributed by atoms with Crippen LogP contribution in [0.1, 0.15) is 13.3 Å². The smallest absolute Gasteiger partial charge is 0.0589 e. The molecule has 4 nitrogen and oxygen atoms in total. The summed E-state index contributed by atoms with van der Waals surface area (Å²) in [6.45, 7) is 10.8. The molecule has 2 unspecified atom stereocenters. The van der Waals surface area contributed by atoms with Gasteiger partial charge >= 0.3 is 0 Å². The maximum absolute atomic E-state index is 9.42. The van der Waals surface area contributed by atoms with Crippen molar-refractivity contribution in [2.24, 2.45) is 5.92 Å². The molecule has 0 aromatic rings. The number of hydrogen-bond acceptors (Lipinski definition) is 4. The molecule has 2 atom stereocenters. The highest BCUT2D eigenvalue weighted by molar-refractivity contribution is 4.84. The van der Waals surface area contributed by atoms with Gasteiger partial charge in [0, 0.05) is 45.3 Å². The van der Waals surface area contributed by atoms with Gasteiger partial charge in [-0.1, -0.05) is 6.92 Å². The highest BCUT2D eigenvalue weighted by atomic mass is 16.3. The number of hydrogen-bond donors (Lipinski definition) is 1. The van der Waals surface area contributed by atoms with Crippen LogP contribution in [0.5, 0.6) is 0 Å². The molecule has 2 aliphatic rings. The van der Waals surface area contributed by atoms with E-state index in [-0.39, 0.29) is 0 Å². The highest BCUT2D eigenvalue weighted by Gasteiger charge is 2.30. The molecule has 100 valence electrons. The minimum atomic E-state index is 0.323. The lowest BCUT2D eigenvalue weighted by molar-refractivity contribution is 0.106. The second-order valence-electron chi connectivity index (χ2n) is 5.70. The summed E-state index contributed by atoms with van der Waals surface area (Å²) in [6, 6.07) is 0.405. The second kappa shape index (κ2) is 6.14. The lowest BCUT2D eigenvalue weighted by Gasteiger charge is -2.34. The van der Waals surface area contributed by atoms with Crippen molar-refractivity contribution in [3.8, 4) is 0 Å². The van der Waals surface area contributed by atoms with Gasteiger partial charge in [0.2, 0.25) is 0 Å². The van der Waals surface area contributed by atoms with Crippen molar-refractivity contribution in [1.29, 1.82) is 0 Å². The van der Waals surface area contributed by atoms with Crippen molar-refractivity contribution >= 4 is 0 Å². The highest BCUT2D eigenvalue weighted by Crippen LogP contribution is 2.22. The molecule has 2 rings (SSSR count). The zero-order valence-corrected chi connectivity index (χ0v) is 11.3. The van der Waals surface area contributed by atoms with E-state index in [4.69, 9.17) is 0 Å². The molecule has 0 aromatic carbocycles. The van der Waals surface area contributed by atoms with Gasteiger partial charge in [-0.05, 0) is 25.9 Å². The number of piperazine rings is 1. The van der Waals surface area contributed by atoms with Crippen molar-refractivity contribution in [2.45, 2.75) is 19.4 Å². The van der Waals surface area contributed by atoms with E-state index in [9.17, 15) is 5.11 Å². The molecule has 0 aromatic heterocycles. The Kier molecular flexibility index (Phi) is 4.79. The van der Waals surface area contributed by atoms with Crippen molar-refractivity contribution in [3.05, 3.63) is 0 Å². The fourth-order valence-corrected chi connectivity index (χ4v) is 3.00. The summed E-state index contributed by atoms with van der Waals surface area (Å²) in [5.74, 6) is 0.660. The van der Waals surface area contributed by atoms with E-state index in [1.54, 1.807) is 0 Å². The van der Waals surface area contributed by atoms with Crippen LogP contribution >= 0.6 is 0 Å². The summed E-state index contributed by atoms with van der Waals surface area (Å²) in [5, 5.41) is 9.42. The SMILES string of the molecule is CC1CCN(CCN2CCN(C)CC2)C1CO. The van der Waals surface area contributed by atoms with E-state index >= 15 is 0 Å². The third-order valence-electron chi connectivity index (χ3n) is 4.48. The number of nitrogens with zero attached hydrogens (tertiary/aromatic N) is 3. The number of likely N-dealkylation sites (tertiary alicyclic amines) is 1. The molecule has 0 bridgehead atoms. The molecule has 0 aliphatic carbocycles. The van der Waals surface area contributed by atoms with Crippen LogP contribution in [0.3, 0.4) is 0 Å². The second-order valence-corrected chi connectivity index (χ2v) is 5.70. The van der Waals surface area contributed by atoms with Crippen LogP contribution in [0.25, 0.3) is 0 Å². The third kappa shape index (κ3) is 3.41. The summed E-state index contributed by atoms with van der Waals surface area (Å²) in [5.41, 5.74) is 0. The molecule has 2 fully saturated rings. The molecule has 0 radical (unpaired) electrons. The summed E-state index contributed by atoms with van der Waals surface area (Å²) in [6.07, 6.45) is 1.24. The topological polar surface area (TPSA) is 30.0 Å². The molecule has 2 heterocycles. The summed E-state index contributed by atoms with van der Waals surface area (Å²) in [4.78, 5) is 7.42. The summed E-state index contributed by atoms with van der Waals surface area (Å²) in [7, 11) is 2.20. The number of aliphatic hydroxyl groups excluding tert-OH is 1. The van der Waals surface area contributed by atoms with E-state index < -0.39 is 0 Å². The first-order valence-corrected chi connectivity index (χ1v) is 6.96. The fraction of sp³-hybridized carbons (Fsp3) is 1.00. The van der Waals surface area contributed by atoms with Crippen LogP contribution < -0.4 is 0 Å². The van der Waals surface area contributed by atoms with Crippen LogP contribution in [-0.2, 0) is 0 Å².